The maximum absolute atomic E-state index is 13.7. The molecule has 0 saturated heterocycles. The second-order valence-electron chi connectivity index (χ2n) is 9.06. The fourth-order valence-corrected chi connectivity index (χ4v) is 6.12. The van der Waals surface area contributed by atoms with E-state index < -0.39 is 49.3 Å². The Morgan fingerprint density at radius 3 is 2.47 bits per heavy atom. The van der Waals surface area contributed by atoms with Crippen LogP contribution in [-0.2, 0) is 32.1 Å². The second kappa shape index (κ2) is 11.0. The van der Waals surface area contributed by atoms with Gasteiger partial charge in [-0.15, -0.1) is 0 Å². The number of methoxy groups -OCH3 is 1. The zero-order chi connectivity index (χ0) is 28.3. The lowest BCUT2D eigenvalue weighted by atomic mass is 10.1. The quantitative estimate of drug-likeness (QED) is 0.465. The first-order chi connectivity index (χ1) is 17.7. The first-order valence-corrected chi connectivity index (χ1v) is 13.0. The summed E-state index contributed by atoms with van der Waals surface area (Å²) in [6, 6.07) is 4.97. The van der Waals surface area contributed by atoms with Crippen molar-refractivity contribution in [3.05, 3.63) is 36.2 Å². The number of nitrogens with two attached hydrogens (primary N) is 1. The van der Waals surface area contributed by atoms with Crippen LogP contribution in [0.1, 0.15) is 37.7 Å². The van der Waals surface area contributed by atoms with Gasteiger partial charge in [-0.1, -0.05) is 6.07 Å². The zero-order valence-electron chi connectivity index (χ0n) is 20.2. The number of nitriles is 1. The Morgan fingerprint density at radius 1 is 1.32 bits per heavy atom. The molecule has 0 bridgehead atoms. The van der Waals surface area contributed by atoms with Gasteiger partial charge >= 0.3 is 12.3 Å². The van der Waals surface area contributed by atoms with Crippen molar-refractivity contribution in [1.82, 2.24) is 15.1 Å². The third-order valence-electron chi connectivity index (χ3n) is 6.29. The van der Waals surface area contributed by atoms with Crippen LogP contribution in [0.4, 0.5) is 18.0 Å². The molecule has 206 valence electrons. The summed E-state index contributed by atoms with van der Waals surface area (Å²) in [5.74, 6) is -0.650. The number of amides is 2. The standard InChI is InChI=1S/C18H20F3N3O4S.C5H6N2O2/c1-28-13-3-4-14(7-13)29(26,27)16-5-2-11(6-15(16)18(19,20)21)12-8-23-24(9-12)10-17(22)25;6-3-5(1-2-5)7-4(8)9/h2,5-6,8-9,13-14H,3-4,7,10H2,1H3,(H2,22,25);7H,1-2H2,(H,8,9)/t13-,14-;/m0./s1. The van der Waals surface area contributed by atoms with Gasteiger partial charge in [0, 0.05) is 18.9 Å². The molecule has 1 aromatic carbocycles. The minimum absolute atomic E-state index is 0.133. The molecule has 2 aliphatic carbocycles. The number of hydrogen-bond donors (Lipinski definition) is 3. The SMILES string of the molecule is CO[C@H]1CC[C@H](S(=O)(=O)c2ccc(-c3cnn(CC(N)=O)c3)cc2C(F)(F)F)C1.N#CC1(NC(=O)O)CC1. The minimum atomic E-state index is -4.86. The smallest absolute Gasteiger partial charge is 0.417 e. The molecule has 11 nitrogen and oxygen atoms in total. The van der Waals surface area contributed by atoms with Crippen LogP contribution in [0, 0.1) is 11.3 Å². The number of sulfone groups is 1. The van der Waals surface area contributed by atoms with Crippen LogP contribution in [0.25, 0.3) is 11.1 Å². The Morgan fingerprint density at radius 2 is 2.00 bits per heavy atom. The molecule has 15 heteroatoms. The van der Waals surface area contributed by atoms with E-state index in [1.807, 2.05) is 6.07 Å². The van der Waals surface area contributed by atoms with Crippen LogP contribution >= 0.6 is 0 Å². The van der Waals surface area contributed by atoms with E-state index in [9.17, 15) is 31.2 Å². The fraction of sp³-hybridized carbons (Fsp3) is 0.478. The molecule has 2 amide bonds. The van der Waals surface area contributed by atoms with Crippen LogP contribution in [0.3, 0.4) is 0 Å². The monoisotopic (exact) mass is 557 g/mol. The lowest BCUT2D eigenvalue weighted by Crippen LogP contribution is -2.33. The molecule has 4 N–H and O–H groups in total. The molecular weight excluding hydrogens is 531 g/mol. The van der Waals surface area contributed by atoms with Gasteiger partial charge in [0.2, 0.25) is 5.91 Å². The van der Waals surface area contributed by atoms with Crippen LogP contribution in [0.5, 0.6) is 0 Å². The summed E-state index contributed by atoms with van der Waals surface area (Å²) < 4.78 is 73.3. The van der Waals surface area contributed by atoms with Crippen molar-refractivity contribution < 1.29 is 41.0 Å². The number of benzene rings is 1. The molecular formula is C23H26F3N5O6S. The van der Waals surface area contributed by atoms with Gasteiger partial charge in [0.25, 0.3) is 0 Å². The van der Waals surface area contributed by atoms with E-state index >= 15 is 0 Å². The molecule has 4 rings (SSSR count). The van der Waals surface area contributed by atoms with Gasteiger partial charge in [0.15, 0.2) is 9.84 Å². The number of primary amides is 1. The molecule has 1 heterocycles. The number of ether oxygens (including phenoxy) is 1. The Kier molecular flexibility index (Phi) is 8.37. The summed E-state index contributed by atoms with van der Waals surface area (Å²) in [6.07, 6.45) is -1.40. The highest BCUT2D eigenvalue weighted by atomic mass is 32.2. The van der Waals surface area contributed by atoms with E-state index in [1.165, 1.54) is 30.3 Å². The molecule has 2 atom stereocenters. The van der Waals surface area contributed by atoms with Gasteiger partial charge in [-0.2, -0.15) is 23.5 Å². The van der Waals surface area contributed by atoms with Crippen molar-refractivity contribution in [2.45, 2.75) is 66.6 Å². The summed E-state index contributed by atoms with van der Waals surface area (Å²) in [5, 5.41) is 21.6. The fourth-order valence-electron chi connectivity index (χ4n) is 4.11. The number of alkyl halides is 3. The average molecular weight is 558 g/mol. The second-order valence-corrected chi connectivity index (χ2v) is 11.3. The molecule has 1 aromatic heterocycles. The van der Waals surface area contributed by atoms with E-state index in [4.69, 9.17) is 20.8 Å². The van der Waals surface area contributed by atoms with Gasteiger partial charge in [-0.25, -0.2) is 13.2 Å². The van der Waals surface area contributed by atoms with E-state index in [0.29, 0.717) is 24.8 Å². The van der Waals surface area contributed by atoms with E-state index in [2.05, 4.69) is 10.4 Å². The molecule has 0 aliphatic heterocycles. The minimum Gasteiger partial charge on any atom is -0.465 e. The van der Waals surface area contributed by atoms with Crippen molar-refractivity contribution in [2.24, 2.45) is 5.73 Å². The number of halogens is 3. The molecule has 2 aromatic rings. The highest BCUT2D eigenvalue weighted by molar-refractivity contribution is 7.92. The summed E-state index contributed by atoms with van der Waals surface area (Å²) in [7, 11) is -2.73. The Bertz CT molecular complexity index is 1350. The number of rotatable bonds is 7. The number of carboxylic acid groups (broad SMARTS) is 1. The van der Waals surface area contributed by atoms with Crippen molar-refractivity contribution in [2.75, 3.05) is 7.11 Å². The number of carbonyl (C=O) groups is 2. The molecule has 0 unspecified atom stereocenters. The maximum Gasteiger partial charge on any atom is 0.417 e. The average Bonchev–Trinajstić information content (AvgIpc) is 3.21. The van der Waals surface area contributed by atoms with E-state index in [-0.39, 0.29) is 31.1 Å². The highest BCUT2D eigenvalue weighted by Gasteiger charge is 2.45. The van der Waals surface area contributed by atoms with Crippen molar-refractivity contribution in [3.8, 4) is 17.2 Å². The molecule has 0 spiro atoms. The van der Waals surface area contributed by atoms with Gasteiger partial charge in [-0.3, -0.25) is 9.48 Å². The van der Waals surface area contributed by atoms with Crippen molar-refractivity contribution in [3.63, 3.8) is 0 Å². The number of nitrogens with one attached hydrogen (secondary N) is 1. The first kappa shape index (κ1) is 28.9. The van der Waals surface area contributed by atoms with E-state index in [0.717, 1.165) is 12.1 Å². The Labute approximate surface area is 216 Å². The maximum atomic E-state index is 13.7. The normalized spacial score (nSPS) is 20.1. The predicted molar refractivity (Wildman–Crippen MR) is 126 cm³/mol. The van der Waals surface area contributed by atoms with Crippen LogP contribution in [0.15, 0.2) is 35.5 Å². The van der Waals surface area contributed by atoms with E-state index in [1.54, 1.807) is 0 Å². The van der Waals surface area contributed by atoms with Gasteiger partial charge in [0.05, 0.1) is 34.1 Å². The Hall–Kier alpha value is -3.64. The van der Waals surface area contributed by atoms with Crippen LogP contribution < -0.4 is 11.1 Å². The molecule has 38 heavy (non-hydrogen) atoms. The lowest BCUT2D eigenvalue weighted by molar-refractivity contribution is -0.139. The summed E-state index contributed by atoms with van der Waals surface area (Å²) in [6.45, 7) is -0.221. The first-order valence-electron chi connectivity index (χ1n) is 11.4. The topological polar surface area (TPSA) is 177 Å². The number of hydrogen-bond acceptors (Lipinski definition) is 7. The van der Waals surface area contributed by atoms with Gasteiger partial charge in [-0.05, 0) is 49.8 Å². The molecule has 2 aliphatic rings. The summed E-state index contributed by atoms with van der Waals surface area (Å²) in [5.41, 5.74) is 3.56. The molecule has 0 radical (unpaired) electrons. The van der Waals surface area contributed by atoms with Crippen LogP contribution in [-0.4, -0.2) is 59.3 Å². The summed E-state index contributed by atoms with van der Waals surface area (Å²) in [4.78, 5) is 20.2. The zero-order valence-corrected chi connectivity index (χ0v) is 21.1. The lowest BCUT2D eigenvalue weighted by Gasteiger charge is -2.18. The predicted octanol–water partition coefficient (Wildman–Crippen LogP) is 2.71. The number of aromatic nitrogens is 2. The highest BCUT2D eigenvalue weighted by Crippen LogP contribution is 2.40. The van der Waals surface area contributed by atoms with Gasteiger partial charge < -0.3 is 20.9 Å². The third-order valence-corrected chi connectivity index (χ3v) is 8.57. The number of nitrogens with zero attached hydrogens (tertiary/aromatic N) is 3. The molecule has 2 saturated carbocycles. The third kappa shape index (κ3) is 6.81. The Balaban J connectivity index is 0.000000375. The largest absolute Gasteiger partial charge is 0.465 e. The summed E-state index contributed by atoms with van der Waals surface area (Å²) >= 11 is 0. The van der Waals surface area contributed by atoms with Crippen molar-refractivity contribution in [1.29, 1.82) is 5.26 Å². The number of carbonyl (C=O) groups excluding carboxylic acids is 1. The van der Waals surface area contributed by atoms with Gasteiger partial charge in [0.1, 0.15) is 12.1 Å². The van der Waals surface area contributed by atoms with Crippen molar-refractivity contribution >= 4 is 21.8 Å². The van der Waals surface area contributed by atoms with Crippen LogP contribution in [0.2, 0.25) is 0 Å². The molecule has 2 fully saturated rings.